The first-order valence-corrected chi connectivity index (χ1v) is 6.42. The van der Waals surface area contributed by atoms with E-state index in [1.165, 1.54) is 0 Å². The van der Waals surface area contributed by atoms with E-state index in [-0.39, 0.29) is 5.78 Å². The van der Waals surface area contributed by atoms with E-state index >= 15 is 0 Å². The molecule has 2 aromatic carbocycles. The summed E-state index contributed by atoms with van der Waals surface area (Å²) in [4.78, 5) is 12.1. The minimum absolute atomic E-state index is 0.0559. The molecule has 0 unspecified atom stereocenters. The average molecular weight is 254 g/mol. The fourth-order valence-electron chi connectivity index (χ4n) is 1.69. The van der Waals surface area contributed by atoms with Gasteiger partial charge in [-0.15, -0.1) is 0 Å². The number of hydrogen-bond acceptors (Lipinski definition) is 2. The number of ketones is 1. The highest BCUT2D eigenvalue weighted by molar-refractivity contribution is 7.80. The average Bonchev–Trinajstić information content (AvgIpc) is 2.46. The van der Waals surface area contributed by atoms with E-state index in [1.54, 1.807) is 0 Å². The standard InChI is InChI=1S/C16H14OS/c17-16(14-6-2-1-3-7-14)15-10-8-13(9-11-15)5-4-12-18/h1-11,18H,12H2. The molecule has 0 saturated carbocycles. The Morgan fingerprint density at radius 3 is 2.17 bits per heavy atom. The summed E-state index contributed by atoms with van der Waals surface area (Å²) >= 11 is 4.11. The second-order valence-corrected chi connectivity index (χ2v) is 4.27. The van der Waals surface area contributed by atoms with Crippen LogP contribution in [0, 0.1) is 0 Å². The first-order chi connectivity index (χ1) is 8.81. The lowest BCUT2D eigenvalue weighted by Crippen LogP contribution is -2.00. The molecule has 0 amide bonds. The summed E-state index contributed by atoms with van der Waals surface area (Å²) in [6.45, 7) is 0. The Hall–Kier alpha value is -1.80. The molecule has 0 radical (unpaired) electrons. The second-order valence-electron chi connectivity index (χ2n) is 3.90. The molecule has 0 aliphatic rings. The fraction of sp³-hybridized carbons (Fsp3) is 0.0625. The van der Waals surface area contributed by atoms with Crippen molar-refractivity contribution in [3.05, 3.63) is 77.4 Å². The summed E-state index contributed by atoms with van der Waals surface area (Å²) in [5, 5.41) is 0. The van der Waals surface area contributed by atoms with Crippen LogP contribution in [-0.2, 0) is 0 Å². The molecule has 1 nitrogen and oxygen atoms in total. The lowest BCUT2D eigenvalue weighted by molar-refractivity contribution is 0.103. The van der Waals surface area contributed by atoms with Gasteiger partial charge < -0.3 is 0 Å². The smallest absolute Gasteiger partial charge is 0.193 e. The normalized spacial score (nSPS) is 10.7. The third kappa shape index (κ3) is 3.11. The molecule has 90 valence electrons. The molecule has 2 heteroatoms. The molecular weight excluding hydrogens is 240 g/mol. The van der Waals surface area contributed by atoms with Crippen molar-refractivity contribution >= 4 is 24.5 Å². The minimum Gasteiger partial charge on any atom is -0.289 e. The van der Waals surface area contributed by atoms with Crippen LogP contribution in [0.15, 0.2) is 60.7 Å². The Balaban J connectivity index is 2.20. The van der Waals surface area contributed by atoms with E-state index < -0.39 is 0 Å². The Bertz CT molecular complexity index is 541. The van der Waals surface area contributed by atoms with E-state index in [2.05, 4.69) is 12.6 Å². The molecule has 0 bridgehead atoms. The van der Waals surface area contributed by atoms with Crippen LogP contribution < -0.4 is 0 Å². The zero-order valence-electron chi connectivity index (χ0n) is 9.91. The molecule has 2 aromatic rings. The Morgan fingerprint density at radius 2 is 1.56 bits per heavy atom. The van der Waals surface area contributed by atoms with E-state index in [4.69, 9.17) is 0 Å². The van der Waals surface area contributed by atoms with Gasteiger partial charge in [-0.3, -0.25) is 4.79 Å². The zero-order valence-corrected chi connectivity index (χ0v) is 10.8. The van der Waals surface area contributed by atoms with E-state index in [0.29, 0.717) is 11.3 Å². The predicted octanol–water partition coefficient (Wildman–Crippen LogP) is 3.86. The van der Waals surface area contributed by atoms with Gasteiger partial charge in [-0.05, 0) is 5.56 Å². The lowest BCUT2D eigenvalue weighted by atomic mass is 10.0. The minimum atomic E-state index is 0.0559. The first-order valence-electron chi connectivity index (χ1n) is 5.78. The molecule has 0 atom stereocenters. The van der Waals surface area contributed by atoms with Crippen molar-refractivity contribution in [1.29, 1.82) is 0 Å². The number of rotatable bonds is 4. The lowest BCUT2D eigenvalue weighted by Gasteiger charge is -2.01. The van der Waals surface area contributed by atoms with Crippen molar-refractivity contribution in [3.63, 3.8) is 0 Å². The number of benzene rings is 2. The van der Waals surface area contributed by atoms with Gasteiger partial charge in [0.1, 0.15) is 0 Å². The third-order valence-corrected chi connectivity index (χ3v) is 2.84. The van der Waals surface area contributed by atoms with Gasteiger partial charge in [0.05, 0.1) is 0 Å². The van der Waals surface area contributed by atoms with Gasteiger partial charge in [-0.1, -0.05) is 66.7 Å². The van der Waals surface area contributed by atoms with Crippen molar-refractivity contribution in [1.82, 2.24) is 0 Å². The highest BCUT2D eigenvalue weighted by Crippen LogP contribution is 2.11. The number of carbonyl (C=O) groups excluding carboxylic acids is 1. The maximum absolute atomic E-state index is 12.1. The van der Waals surface area contributed by atoms with E-state index in [0.717, 1.165) is 11.1 Å². The maximum atomic E-state index is 12.1. The van der Waals surface area contributed by atoms with Crippen LogP contribution in [0.3, 0.4) is 0 Å². The Kier molecular flexibility index (Phi) is 4.37. The molecule has 0 fully saturated rings. The molecular formula is C16H14OS. The largest absolute Gasteiger partial charge is 0.289 e. The van der Waals surface area contributed by atoms with Crippen LogP contribution in [0.5, 0.6) is 0 Å². The predicted molar refractivity (Wildman–Crippen MR) is 79.2 cm³/mol. The van der Waals surface area contributed by atoms with Crippen molar-refractivity contribution in [2.24, 2.45) is 0 Å². The summed E-state index contributed by atoms with van der Waals surface area (Å²) in [5.74, 6) is 0.769. The van der Waals surface area contributed by atoms with Crippen LogP contribution in [0.1, 0.15) is 21.5 Å². The van der Waals surface area contributed by atoms with Gasteiger partial charge in [-0.25, -0.2) is 0 Å². The molecule has 0 N–H and O–H groups in total. The van der Waals surface area contributed by atoms with Gasteiger partial charge in [0.15, 0.2) is 5.78 Å². The number of thiol groups is 1. The molecule has 0 saturated heterocycles. The van der Waals surface area contributed by atoms with Gasteiger partial charge >= 0.3 is 0 Å². The van der Waals surface area contributed by atoms with Gasteiger partial charge in [0.25, 0.3) is 0 Å². The van der Waals surface area contributed by atoms with Gasteiger partial charge in [0.2, 0.25) is 0 Å². The van der Waals surface area contributed by atoms with Crippen LogP contribution in [0.4, 0.5) is 0 Å². The quantitative estimate of drug-likeness (QED) is 0.647. The summed E-state index contributed by atoms with van der Waals surface area (Å²) < 4.78 is 0. The fourth-order valence-corrected chi connectivity index (χ4v) is 1.80. The zero-order chi connectivity index (χ0) is 12.8. The molecule has 2 rings (SSSR count). The molecule has 18 heavy (non-hydrogen) atoms. The number of hydrogen-bond donors (Lipinski definition) is 1. The summed E-state index contributed by atoms with van der Waals surface area (Å²) in [7, 11) is 0. The monoisotopic (exact) mass is 254 g/mol. The van der Waals surface area contributed by atoms with Crippen molar-refractivity contribution in [2.45, 2.75) is 0 Å². The molecule has 0 heterocycles. The van der Waals surface area contributed by atoms with Crippen LogP contribution in [-0.4, -0.2) is 11.5 Å². The maximum Gasteiger partial charge on any atom is 0.193 e. The van der Waals surface area contributed by atoms with Crippen LogP contribution in [0.25, 0.3) is 6.08 Å². The molecule has 0 aromatic heterocycles. The van der Waals surface area contributed by atoms with Crippen LogP contribution >= 0.6 is 12.6 Å². The van der Waals surface area contributed by atoms with Crippen molar-refractivity contribution < 1.29 is 4.79 Å². The van der Waals surface area contributed by atoms with Crippen molar-refractivity contribution in [3.8, 4) is 0 Å². The second kappa shape index (κ2) is 6.22. The SMILES string of the molecule is O=C(c1ccccc1)c1ccc(C=CCS)cc1. The summed E-state index contributed by atoms with van der Waals surface area (Å²) in [5.41, 5.74) is 2.51. The molecule has 0 aliphatic heterocycles. The summed E-state index contributed by atoms with van der Waals surface area (Å²) in [6.07, 6.45) is 3.96. The summed E-state index contributed by atoms with van der Waals surface area (Å²) in [6, 6.07) is 16.9. The highest BCUT2D eigenvalue weighted by Gasteiger charge is 2.07. The Labute approximate surface area is 113 Å². The van der Waals surface area contributed by atoms with Crippen molar-refractivity contribution in [2.75, 3.05) is 5.75 Å². The Morgan fingerprint density at radius 1 is 0.944 bits per heavy atom. The van der Waals surface area contributed by atoms with Crippen LogP contribution in [0.2, 0.25) is 0 Å². The third-order valence-electron chi connectivity index (χ3n) is 2.62. The molecule has 0 spiro atoms. The van der Waals surface area contributed by atoms with E-state index in [1.807, 2.05) is 66.7 Å². The van der Waals surface area contributed by atoms with Gasteiger partial charge in [0, 0.05) is 16.9 Å². The van der Waals surface area contributed by atoms with Gasteiger partial charge in [-0.2, -0.15) is 12.6 Å². The number of carbonyl (C=O) groups is 1. The van der Waals surface area contributed by atoms with E-state index in [9.17, 15) is 4.79 Å². The highest BCUT2D eigenvalue weighted by atomic mass is 32.1. The molecule has 0 aliphatic carbocycles. The first kappa shape index (κ1) is 12.7. The topological polar surface area (TPSA) is 17.1 Å².